The zero-order valence-electron chi connectivity index (χ0n) is 14.5. The van der Waals surface area contributed by atoms with Gasteiger partial charge in [-0.05, 0) is 24.0 Å². The minimum Gasteiger partial charge on any atom is -0.326 e. The highest BCUT2D eigenvalue weighted by Gasteiger charge is 2.34. The molecule has 0 bridgehead atoms. The van der Waals surface area contributed by atoms with Gasteiger partial charge in [0.25, 0.3) is 0 Å². The molecule has 150 valence electrons. The average Bonchev–Trinajstić information content (AvgIpc) is 2.84. The highest BCUT2D eigenvalue weighted by Crippen LogP contribution is 2.41. The number of rotatable bonds is 3. The van der Waals surface area contributed by atoms with Crippen molar-refractivity contribution >= 4 is 22.8 Å². The van der Waals surface area contributed by atoms with Gasteiger partial charge in [0.15, 0.2) is 5.82 Å². The van der Waals surface area contributed by atoms with Crippen LogP contribution >= 0.6 is 11.8 Å². The lowest BCUT2D eigenvalue weighted by atomic mass is 10.1. The van der Waals surface area contributed by atoms with Gasteiger partial charge in [-0.25, -0.2) is 9.37 Å². The van der Waals surface area contributed by atoms with E-state index in [-0.39, 0.29) is 27.2 Å². The number of hydrogen-bond acceptors (Lipinski definition) is 2. The zero-order chi connectivity index (χ0) is 20.9. The molecule has 0 amide bonds. The van der Waals surface area contributed by atoms with Gasteiger partial charge in [0.1, 0.15) is 5.65 Å². The molecular formula is C18H13F7N2S. The van der Waals surface area contributed by atoms with Crippen LogP contribution in [0.3, 0.4) is 0 Å². The second-order valence-corrected chi connectivity index (χ2v) is 7.26. The first-order chi connectivity index (χ1) is 12.9. The molecule has 0 radical (unpaired) electrons. The van der Waals surface area contributed by atoms with Crippen LogP contribution in [-0.2, 0) is 19.4 Å². The molecule has 0 spiro atoms. The van der Waals surface area contributed by atoms with E-state index in [9.17, 15) is 26.3 Å². The van der Waals surface area contributed by atoms with Gasteiger partial charge in [-0.1, -0.05) is 13.0 Å². The molecule has 0 saturated carbocycles. The van der Waals surface area contributed by atoms with Crippen molar-refractivity contribution in [2.45, 2.75) is 24.2 Å². The Labute approximate surface area is 159 Å². The fraction of sp³-hybridized carbons (Fsp3) is 0.278. The predicted molar refractivity (Wildman–Crippen MR) is 92.5 cm³/mol. The molecule has 3 aromatic rings. The van der Waals surface area contributed by atoms with Gasteiger partial charge in [0, 0.05) is 23.7 Å². The first-order valence-corrected chi connectivity index (χ1v) is 8.99. The Hall–Kier alpha value is -2.23. The zero-order valence-corrected chi connectivity index (χ0v) is 15.4. The number of pyridine rings is 1. The molecule has 0 atom stereocenters. The van der Waals surface area contributed by atoms with E-state index in [1.807, 2.05) is 0 Å². The van der Waals surface area contributed by atoms with E-state index in [1.54, 1.807) is 6.92 Å². The maximum Gasteiger partial charge on any atom is 0.417 e. The van der Waals surface area contributed by atoms with E-state index in [1.165, 1.54) is 11.6 Å². The molecule has 2 nitrogen and oxygen atoms in total. The minimum absolute atomic E-state index is 0.0344. The Morgan fingerprint density at radius 1 is 1.00 bits per heavy atom. The first kappa shape index (κ1) is 20.5. The monoisotopic (exact) mass is 422 g/mol. The van der Waals surface area contributed by atoms with Crippen molar-refractivity contribution in [3.05, 3.63) is 47.4 Å². The van der Waals surface area contributed by atoms with E-state index < -0.39 is 29.3 Å². The second-order valence-electron chi connectivity index (χ2n) is 5.96. The van der Waals surface area contributed by atoms with E-state index >= 15 is 4.39 Å². The van der Waals surface area contributed by atoms with Crippen molar-refractivity contribution in [2.24, 2.45) is 7.05 Å². The Morgan fingerprint density at radius 2 is 1.64 bits per heavy atom. The van der Waals surface area contributed by atoms with E-state index in [0.29, 0.717) is 18.0 Å². The number of thioether (sulfide) groups is 1. The molecule has 0 aliphatic heterocycles. The van der Waals surface area contributed by atoms with Crippen LogP contribution in [0.2, 0.25) is 0 Å². The molecule has 0 unspecified atom stereocenters. The lowest BCUT2D eigenvalue weighted by molar-refractivity contribution is -0.138. The first-order valence-electron chi connectivity index (χ1n) is 8.00. The molecule has 0 aliphatic rings. The van der Waals surface area contributed by atoms with Crippen LogP contribution in [-0.4, -0.2) is 15.3 Å². The van der Waals surface area contributed by atoms with Crippen molar-refractivity contribution < 1.29 is 30.7 Å². The molecule has 3 rings (SSSR count). The number of hydrogen-bond donors (Lipinski definition) is 0. The number of aromatic nitrogens is 2. The highest BCUT2D eigenvalue weighted by atomic mass is 32.2. The van der Waals surface area contributed by atoms with Crippen molar-refractivity contribution in [3.8, 4) is 11.3 Å². The summed E-state index contributed by atoms with van der Waals surface area (Å²) in [6.07, 6.45) is -8.66. The Kier molecular flexibility index (Phi) is 5.11. The third-order valence-electron chi connectivity index (χ3n) is 4.16. The van der Waals surface area contributed by atoms with Crippen LogP contribution in [0.1, 0.15) is 18.1 Å². The summed E-state index contributed by atoms with van der Waals surface area (Å²) in [6, 6.07) is 3.51. The number of aryl methyl sites for hydroxylation is 1. The second kappa shape index (κ2) is 6.98. The van der Waals surface area contributed by atoms with Gasteiger partial charge in [-0.15, -0.1) is 11.8 Å². The molecule has 0 aliphatic carbocycles. The topological polar surface area (TPSA) is 17.8 Å². The van der Waals surface area contributed by atoms with Crippen LogP contribution in [0.4, 0.5) is 30.7 Å². The van der Waals surface area contributed by atoms with Gasteiger partial charge in [0.2, 0.25) is 0 Å². The molecule has 0 fully saturated rings. The third kappa shape index (κ3) is 3.57. The molecular weight excluding hydrogens is 409 g/mol. The maximum atomic E-state index is 15.0. The van der Waals surface area contributed by atoms with Crippen molar-refractivity contribution in [1.82, 2.24) is 9.55 Å². The Morgan fingerprint density at radius 3 is 2.21 bits per heavy atom. The summed E-state index contributed by atoms with van der Waals surface area (Å²) in [7, 11) is 1.40. The van der Waals surface area contributed by atoms with Crippen LogP contribution in [0.25, 0.3) is 22.3 Å². The quantitative estimate of drug-likeness (QED) is 0.353. The summed E-state index contributed by atoms with van der Waals surface area (Å²) in [5.41, 5.74) is -1.98. The molecule has 1 aromatic carbocycles. The van der Waals surface area contributed by atoms with Gasteiger partial charge in [-0.3, -0.25) is 0 Å². The Balaban J connectivity index is 2.26. The summed E-state index contributed by atoms with van der Waals surface area (Å²) in [5.74, 6) is -0.537. The van der Waals surface area contributed by atoms with Gasteiger partial charge < -0.3 is 4.57 Å². The fourth-order valence-electron chi connectivity index (χ4n) is 2.89. The van der Waals surface area contributed by atoms with Crippen molar-refractivity contribution in [2.75, 3.05) is 5.75 Å². The smallest absolute Gasteiger partial charge is 0.326 e. The van der Waals surface area contributed by atoms with Crippen LogP contribution in [0, 0.1) is 5.82 Å². The molecule has 10 heteroatoms. The summed E-state index contributed by atoms with van der Waals surface area (Å²) in [4.78, 5) is 3.88. The fourth-order valence-corrected chi connectivity index (χ4v) is 3.73. The van der Waals surface area contributed by atoms with Crippen molar-refractivity contribution in [3.63, 3.8) is 0 Å². The van der Waals surface area contributed by atoms with Gasteiger partial charge in [0.05, 0.1) is 22.2 Å². The van der Waals surface area contributed by atoms with Gasteiger partial charge in [-0.2, -0.15) is 26.3 Å². The number of fused-ring (bicyclic) bond motifs is 1. The Bertz CT molecular complexity index is 1040. The summed E-state index contributed by atoms with van der Waals surface area (Å²) in [5, 5.41) is -0.348. The molecule has 2 heterocycles. The van der Waals surface area contributed by atoms with Crippen LogP contribution in [0.15, 0.2) is 35.4 Å². The SMILES string of the molecule is CCSc1cc(C(F)(F)F)ccc1-c1c(F)c2cc(C(F)(F)F)cnc2n1C. The third-order valence-corrected chi connectivity index (χ3v) is 5.09. The normalized spacial score (nSPS) is 12.8. The van der Waals surface area contributed by atoms with Crippen LogP contribution in [0.5, 0.6) is 0 Å². The highest BCUT2D eigenvalue weighted by molar-refractivity contribution is 7.99. The summed E-state index contributed by atoms with van der Waals surface area (Å²) in [6.45, 7) is 1.73. The molecule has 2 aromatic heterocycles. The lowest BCUT2D eigenvalue weighted by Gasteiger charge is -2.14. The summed E-state index contributed by atoms with van der Waals surface area (Å²) < 4.78 is 94.1. The molecule has 28 heavy (non-hydrogen) atoms. The van der Waals surface area contributed by atoms with E-state index in [4.69, 9.17) is 0 Å². The average molecular weight is 422 g/mol. The number of benzene rings is 1. The lowest BCUT2D eigenvalue weighted by Crippen LogP contribution is -2.06. The number of nitrogens with zero attached hydrogens (tertiary/aromatic N) is 2. The molecule has 0 N–H and O–H groups in total. The standard InChI is InChI=1S/C18H13F7N2S/c1-3-28-13-7-9(17(20,21)22)4-5-11(13)15-14(19)12-6-10(18(23,24)25)8-26-16(12)27(15)2/h4-8H,3H2,1-2H3. The van der Waals surface area contributed by atoms with E-state index in [2.05, 4.69) is 4.98 Å². The largest absolute Gasteiger partial charge is 0.417 e. The van der Waals surface area contributed by atoms with Crippen molar-refractivity contribution in [1.29, 1.82) is 0 Å². The maximum absolute atomic E-state index is 15.0. The van der Waals surface area contributed by atoms with Gasteiger partial charge >= 0.3 is 12.4 Å². The van der Waals surface area contributed by atoms with E-state index in [0.717, 1.165) is 30.0 Å². The minimum atomic E-state index is -4.69. The number of halogens is 7. The predicted octanol–water partition coefficient (Wildman–Crippen LogP) is 6.53. The molecule has 0 saturated heterocycles. The summed E-state index contributed by atoms with van der Waals surface area (Å²) >= 11 is 1.08. The van der Waals surface area contributed by atoms with Crippen LogP contribution < -0.4 is 0 Å². The number of alkyl halides is 6.